The molecule has 3 N–H and O–H groups in total. The second kappa shape index (κ2) is 11.8. The molecule has 2 aliphatic rings. The third-order valence-corrected chi connectivity index (χ3v) is 6.38. The highest BCUT2D eigenvalue weighted by atomic mass is 127. The Morgan fingerprint density at radius 2 is 1.97 bits per heavy atom. The highest BCUT2D eigenvalue weighted by molar-refractivity contribution is 14.0. The Morgan fingerprint density at radius 1 is 1.28 bits per heavy atom. The third kappa shape index (κ3) is 6.91. The van der Waals surface area contributed by atoms with Crippen molar-refractivity contribution in [3.8, 4) is 5.75 Å². The molecule has 1 aromatic carbocycles. The number of amides is 1. The summed E-state index contributed by atoms with van der Waals surface area (Å²) in [5.41, 5.74) is 0.729. The molecule has 0 spiro atoms. The van der Waals surface area contributed by atoms with E-state index in [0.29, 0.717) is 18.4 Å². The van der Waals surface area contributed by atoms with Gasteiger partial charge in [-0.2, -0.15) is 11.8 Å². The zero-order valence-electron chi connectivity index (χ0n) is 16.7. The summed E-state index contributed by atoms with van der Waals surface area (Å²) in [6.45, 7) is 2.18. The summed E-state index contributed by atoms with van der Waals surface area (Å²) < 4.78 is 13.4. The van der Waals surface area contributed by atoms with Crippen LogP contribution < -0.4 is 10.6 Å². The summed E-state index contributed by atoms with van der Waals surface area (Å²) in [6, 6.07) is 4.62. The SMILES string of the molecule is CN=C(NCc1ccc(O)c(F)c1)NC1CCC(C(=O)N2CCSCC2)CC1.I. The molecule has 0 radical (unpaired) electrons. The number of hydrogen-bond donors (Lipinski definition) is 3. The number of aromatic hydroxyl groups is 1. The van der Waals surface area contributed by atoms with E-state index < -0.39 is 5.82 Å². The molecule has 3 rings (SSSR count). The lowest BCUT2D eigenvalue weighted by Gasteiger charge is -2.34. The number of phenolic OH excluding ortho intramolecular Hbond substituents is 1. The van der Waals surface area contributed by atoms with E-state index in [1.54, 1.807) is 13.1 Å². The number of rotatable bonds is 4. The molecule has 1 aliphatic heterocycles. The van der Waals surface area contributed by atoms with Gasteiger partial charge in [-0.1, -0.05) is 6.07 Å². The quantitative estimate of drug-likeness (QED) is 0.314. The fourth-order valence-corrected chi connectivity index (χ4v) is 4.66. The molecule has 1 saturated carbocycles. The number of halogens is 2. The summed E-state index contributed by atoms with van der Waals surface area (Å²) in [5, 5.41) is 15.9. The van der Waals surface area contributed by atoms with Gasteiger partial charge in [-0.3, -0.25) is 9.79 Å². The van der Waals surface area contributed by atoms with Gasteiger partial charge < -0.3 is 20.6 Å². The Balaban J connectivity index is 0.00000300. The van der Waals surface area contributed by atoms with Gasteiger partial charge >= 0.3 is 0 Å². The van der Waals surface area contributed by atoms with E-state index in [-0.39, 0.29) is 41.7 Å². The fraction of sp³-hybridized carbons (Fsp3) is 0.600. The van der Waals surface area contributed by atoms with Crippen molar-refractivity contribution in [1.29, 1.82) is 0 Å². The van der Waals surface area contributed by atoms with E-state index in [9.17, 15) is 14.3 Å². The maximum absolute atomic E-state index is 13.4. The molecular weight excluding hydrogens is 506 g/mol. The number of nitrogens with one attached hydrogen (secondary N) is 2. The zero-order chi connectivity index (χ0) is 19.9. The monoisotopic (exact) mass is 536 g/mol. The van der Waals surface area contributed by atoms with E-state index in [0.717, 1.165) is 55.8 Å². The Bertz CT molecular complexity index is 708. The predicted molar refractivity (Wildman–Crippen MR) is 126 cm³/mol. The van der Waals surface area contributed by atoms with Crippen molar-refractivity contribution in [2.75, 3.05) is 31.6 Å². The lowest BCUT2D eigenvalue weighted by atomic mass is 9.85. The molecule has 2 fully saturated rings. The first-order valence-electron chi connectivity index (χ1n) is 9.88. The van der Waals surface area contributed by atoms with Crippen LogP contribution in [0.5, 0.6) is 5.75 Å². The highest BCUT2D eigenvalue weighted by Gasteiger charge is 2.30. The van der Waals surface area contributed by atoms with E-state index in [1.165, 1.54) is 12.1 Å². The first kappa shape index (κ1) is 24.0. The average molecular weight is 536 g/mol. The number of guanidine groups is 1. The molecular formula is C20H30FIN4O2S. The minimum absolute atomic E-state index is 0. The van der Waals surface area contributed by atoms with Crippen LogP contribution in [0, 0.1) is 11.7 Å². The summed E-state index contributed by atoms with van der Waals surface area (Å²) in [7, 11) is 1.70. The Hall–Kier alpha value is -1.23. The fourth-order valence-electron chi connectivity index (χ4n) is 3.76. The number of aliphatic imine (C=N–C) groups is 1. The normalized spacial score (nSPS) is 22.6. The molecule has 29 heavy (non-hydrogen) atoms. The lowest BCUT2D eigenvalue weighted by molar-refractivity contribution is -0.136. The summed E-state index contributed by atoms with van der Waals surface area (Å²) >= 11 is 1.92. The smallest absolute Gasteiger partial charge is 0.225 e. The minimum Gasteiger partial charge on any atom is -0.505 e. The van der Waals surface area contributed by atoms with Gasteiger partial charge in [-0.05, 0) is 43.4 Å². The van der Waals surface area contributed by atoms with E-state index in [4.69, 9.17) is 0 Å². The second-order valence-corrected chi connectivity index (χ2v) is 8.57. The number of carbonyl (C=O) groups is 1. The summed E-state index contributed by atoms with van der Waals surface area (Å²) in [5.74, 6) is 2.27. The van der Waals surface area contributed by atoms with Crippen LogP contribution in [0.1, 0.15) is 31.2 Å². The van der Waals surface area contributed by atoms with E-state index >= 15 is 0 Å². The number of nitrogens with zero attached hydrogens (tertiary/aromatic N) is 2. The van der Waals surface area contributed by atoms with Crippen molar-refractivity contribution in [2.24, 2.45) is 10.9 Å². The van der Waals surface area contributed by atoms with Crippen LogP contribution in [0.2, 0.25) is 0 Å². The lowest BCUT2D eigenvalue weighted by Crippen LogP contribution is -2.47. The van der Waals surface area contributed by atoms with Crippen molar-refractivity contribution >= 4 is 47.6 Å². The van der Waals surface area contributed by atoms with Crippen LogP contribution >= 0.6 is 35.7 Å². The topological polar surface area (TPSA) is 77.0 Å². The van der Waals surface area contributed by atoms with Crippen LogP contribution in [0.15, 0.2) is 23.2 Å². The molecule has 1 saturated heterocycles. The zero-order valence-corrected chi connectivity index (χ0v) is 19.8. The predicted octanol–water partition coefficient (Wildman–Crippen LogP) is 2.95. The molecule has 9 heteroatoms. The van der Waals surface area contributed by atoms with Gasteiger partial charge in [0.1, 0.15) is 0 Å². The molecule has 0 aromatic heterocycles. The Morgan fingerprint density at radius 3 is 2.59 bits per heavy atom. The summed E-state index contributed by atoms with van der Waals surface area (Å²) in [4.78, 5) is 18.9. The number of hydrogen-bond acceptors (Lipinski definition) is 4. The van der Waals surface area contributed by atoms with Crippen LogP contribution in [0.3, 0.4) is 0 Å². The van der Waals surface area contributed by atoms with Crippen molar-refractivity contribution in [2.45, 2.75) is 38.3 Å². The number of benzene rings is 1. The molecule has 1 aliphatic carbocycles. The standard InChI is InChI=1S/C20H29FN4O2S.HI/c1-22-20(23-13-14-2-7-18(26)17(21)12-14)24-16-5-3-15(4-6-16)19(27)25-8-10-28-11-9-25;/h2,7,12,15-16,26H,3-6,8-11,13H2,1H3,(H2,22,23,24);1H. The molecule has 0 unspecified atom stereocenters. The molecule has 1 heterocycles. The van der Waals surface area contributed by atoms with Crippen LogP contribution in [-0.2, 0) is 11.3 Å². The Labute approximate surface area is 193 Å². The van der Waals surface area contributed by atoms with Crippen molar-refractivity contribution in [3.05, 3.63) is 29.6 Å². The van der Waals surface area contributed by atoms with Crippen LogP contribution in [0.25, 0.3) is 0 Å². The van der Waals surface area contributed by atoms with Crippen molar-refractivity contribution < 1.29 is 14.3 Å². The molecule has 1 amide bonds. The van der Waals surface area contributed by atoms with Crippen LogP contribution in [0.4, 0.5) is 4.39 Å². The molecule has 0 atom stereocenters. The maximum Gasteiger partial charge on any atom is 0.225 e. The third-order valence-electron chi connectivity index (χ3n) is 5.44. The van der Waals surface area contributed by atoms with E-state index in [2.05, 4.69) is 15.6 Å². The highest BCUT2D eigenvalue weighted by Crippen LogP contribution is 2.27. The van der Waals surface area contributed by atoms with Gasteiger partial charge in [-0.15, -0.1) is 24.0 Å². The van der Waals surface area contributed by atoms with Gasteiger partial charge in [0.05, 0.1) is 0 Å². The second-order valence-electron chi connectivity index (χ2n) is 7.34. The number of thioether (sulfide) groups is 1. The van der Waals surface area contributed by atoms with Gasteiger partial charge in [0.2, 0.25) is 5.91 Å². The van der Waals surface area contributed by atoms with Gasteiger partial charge in [0.25, 0.3) is 0 Å². The molecule has 162 valence electrons. The van der Waals surface area contributed by atoms with Gasteiger partial charge in [-0.25, -0.2) is 4.39 Å². The first-order chi connectivity index (χ1) is 13.6. The number of carbonyl (C=O) groups excluding carboxylic acids is 1. The molecule has 0 bridgehead atoms. The van der Waals surface area contributed by atoms with Crippen molar-refractivity contribution in [3.63, 3.8) is 0 Å². The van der Waals surface area contributed by atoms with Crippen LogP contribution in [-0.4, -0.2) is 59.6 Å². The van der Waals surface area contributed by atoms with Crippen molar-refractivity contribution in [1.82, 2.24) is 15.5 Å². The minimum atomic E-state index is -0.627. The molecule has 6 nitrogen and oxygen atoms in total. The van der Waals surface area contributed by atoms with Gasteiger partial charge in [0, 0.05) is 50.1 Å². The van der Waals surface area contributed by atoms with Gasteiger partial charge in [0.15, 0.2) is 17.5 Å². The maximum atomic E-state index is 13.4. The summed E-state index contributed by atoms with van der Waals surface area (Å²) in [6.07, 6.45) is 3.68. The average Bonchev–Trinajstić information content (AvgIpc) is 2.74. The number of phenols is 1. The Kier molecular flexibility index (Phi) is 9.81. The largest absolute Gasteiger partial charge is 0.505 e. The van der Waals surface area contributed by atoms with E-state index in [1.807, 2.05) is 16.7 Å². The molecule has 1 aromatic rings. The first-order valence-corrected chi connectivity index (χ1v) is 11.0.